The highest BCUT2D eigenvalue weighted by Crippen LogP contribution is 2.45. The molecule has 2 N–H and O–H groups in total. The second-order valence-corrected chi connectivity index (χ2v) is 13.5. The maximum Gasteiger partial charge on any atom is 0.289 e. The fraction of sp³-hybridized carbons (Fsp3) is 0.581. The van der Waals surface area contributed by atoms with Gasteiger partial charge in [0, 0.05) is 12.8 Å². The molecule has 2 aromatic rings. The molecular weight excluding hydrogens is 506 g/mol. The number of nitrogens with one attached hydrogen (secondary N) is 2. The van der Waals surface area contributed by atoms with Crippen LogP contribution < -0.4 is 10.6 Å². The normalized spacial score (nSPS) is 20.9. The Morgan fingerprint density at radius 1 is 1.23 bits per heavy atom. The highest BCUT2D eigenvalue weighted by atomic mass is 32.1. The summed E-state index contributed by atoms with van der Waals surface area (Å²) in [5.74, 6) is 0.238. The molecule has 2 amide bonds. The summed E-state index contributed by atoms with van der Waals surface area (Å²) in [6.45, 7) is 13.4. The standard InChI is InChI=1S/C31H41N5O2S/c1-20(2)16-24(22-9-11-23(12-10-22)27-21(3)33-19-39-27)34-28(37)25-8-7-15-36(25)17-26(30(4,5)6)35-29(38)31(18-32)13-14-31/h9-12,17,19-20,24-26H,7-8,13-16H2,1-6H3,(H-,34,35,37,38)/p+1. The summed E-state index contributed by atoms with van der Waals surface area (Å²) in [5.41, 5.74) is 4.00. The summed E-state index contributed by atoms with van der Waals surface area (Å²) in [4.78, 5) is 32.1. The Bertz CT molecular complexity index is 1260. The van der Waals surface area contributed by atoms with E-state index in [1.54, 1.807) is 11.3 Å². The van der Waals surface area contributed by atoms with E-state index in [0.717, 1.165) is 42.6 Å². The molecule has 2 fully saturated rings. The van der Waals surface area contributed by atoms with Gasteiger partial charge in [-0.3, -0.25) is 9.59 Å². The Morgan fingerprint density at radius 3 is 2.46 bits per heavy atom. The van der Waals surface area contributed by atoms with Gasteiger partial charge in [0.2, 0.25) is 11.9 Å². The number of aryl methyl sites for hydroxylation is 1. The zero-order chi connectivity index (χ0) is 28.4. The van der Waals surface area contributed by atoms with Crippen LogP contribution in [0.4, 0.5) is 0 Å². The van der Waals surface area contributed by atoms with Crippen LogP contribution in [-0.2, 0) is 9.59 Å². The van der Waals surface area contributed by atoms with Crippen LogP contribution in [0.5, 0.6) is 0 Å². The number of nitriles is 1. The van der Waals surface area contributed by atoms with Crippen molar-refractivity contribution in [3.05, 3.63) is 41.0 Å². The van der Waals surface area contributed by atoms with Gasteiger partial charge in [-0.1, -0.05) is 58.9 Å². The molecule has 1 aromatic carbocycles. The summed E-state index contributed by atoms with van der Waals surface area (Å²) >= 11 is 1.64. The number of rotatable bonds is 9. The molecule has 3 atom stereocenters. The average molecular weight is 549 g/mol. The third kappa shape index (κ3) is 6.75. The van der Waals surface area contributed by atoms with Crippen molar-refractivity contribution in [3.63, 3.8) is 0 Å². The highest BCUT2D eigenvalue weighted by molar-refractivity contribution is 7.13. The van der Waals surface area contributed by atoms with E-state index in [2.05, 4.69) is 85.1 Å². The highest BCUT2D eigenvalue weighted by Gasteiger charge is 2.52. The Balaban J connectivity index is 1.51. The largest absolute Gasteiger partial charge is 0.344 e. The van der Waals surface area contributed by atoms with Crippen LogP contribution in [0.2, 0.25) is 0 Å². The van der Waals surface area contributed by atoms with Gasteiger partial charge >= 0.3 is 0 Å². The maximum absolute atomic E-state index is 13.7. The van der Waals surface area contributed by atoms with Gasteiger partial charge in [-0.2, -0.15) is 5.26 Å². The first-order valence-electron chi connectivity index (χ1n) is 14.1. The number of carbonyl (C=O) groups excluding carboxylic acids is 2. The SMILES string of the molecule is Cc1ncsc1-c1ccc(C(CC(C)C)NC(=O)C2CCC[N+]2=CC(NC(=O)C2(C#N)CC2)C(C)(C)C)cc1. The van der Waals surface area contributed by atoms with Crippen molar-refractivity contribution in [1.82, 2.24) is 15.6 Å². The van der Waals surface area contributed by atoms with E-state index in [1.165, 1.54) is 4.88 Å². The molecule has 8 heteroatoms. The molecule has 4 rings (SSSR count). The van der Waals surface area contributed by atoms with Crippen molar-refractivity contribution < 1.29 is 14.2 Å². The molecule has 0 spiro atoms. The summed E-state index contributed by atoms with van der Waals surface area (Å²) in [6, 6.07) is 10.0. The van der Waals surface area contributed by atoms with Crippen LogP contribution >= 0.6 is 11.3 Å². The fourth-order valence-corrected chi connectivity index (χ4v) is 5.99. The van der Waals surface area contributed by atoms with Gasteiger partial charge in [0.05, 0.1) is 28.2 Å². The van der Waals surface area contributed by atoms with E-state index in [-0.39, 0.29) is 35.4 Å². The Morgan fingerprint density at radius 2 is 1.92 bits per heavy atom. The fourth-order valence-electron chi connectivity index (χ4n) is 5.18. The molecule has 1 saturated heterocycles. The van der Waals surface area contributed by atoms with Gasteiger partial charge in [-0.15, -0.1) is 11.3 Å². The van der Waals surface area contributed by atoms with Gasteiger partial charge in [-0.05, 0) is 48.6 Å². The lowest BCUT2D eigenvalue weighted by atomic mass is 9.86. The predicted molar refractivity (Wildman–Crippen MR) is 156 cm³/mol. The second-order valence-electron chi connectivity index (χ2n) is 12.6. The van der Waals surface area contributed by atoms with E-state index >= 15 is 0 Å². The molecule has 7 nitrogen and oxygen atoms in total. The predicted octanol–water partition coefficient (Wildman–Crippen LogP) is 5.40. The first-order chi connectivity index (χ1) is 18.4. The van der Waals surface area contributed by atoms with E-state index in [9.17, 15) is 14.9 Å². The third-order valence-corrected chi connectivity index (χ3v) is 8.88. The summed E-state index contributed by atoms with van der Waals surface area (Å²) in [5, 5.41) is 15.9. The van der Waals surface area contributed by atoms with E-state index in [1.807, 2.05) is 18.6 Å². The minimum absolute atomic E-state index is 0.0199. The molecule has 0 radical (unpaired) electrons. The van der Waals surface area contributed by atoms with Gasteiger partial charge in [0.1, 0.15) is 18.0 Å². The van der Waals surface area contributed by atoms with E-state index in [4.69, 9.17) is 0 Å². The number of thiazole rings is 1. The topological polar surface area (TPSA) is 97.9 Å². The number of nitrogens with zero attached hydrogens (tertiary/aromatic N) is 3. The lowest BCUT2D eigenvalue weighted by Gasteiger charge is -2.28. The Labute approximate surface area is 236 Å². The molecule has 3 unspecified atom stereocenters. The Kier molecular flexibility index (Phi) is 8.60. The monoisotopic (exact) mass is 548 g/mol. The molecule has 2 aliphatic rings. The van der Waals surface area contributed by atoms with Crippen LogP contribution in [0.1, 0.15) is 84.0 Å². The van der Waals surface area contributed by atoms with Crippen LogP contribution in [0, 0.1) is 35.0 Å². The molecule has 0 bridgehead atoms. The lowest BCUT2D eigenvalue weighted by Crippen LogP contribution is -2.50. The zero-order valence-corrected chi connectivity index (χ0v) is 24.9. The van der Waals surface area contributed by atoms with Crippen molar-refractivity contribution in [2.75, 3.05) is 6.54 Å². The van der Waals surface area contributed by atoms with Crippen LogP contribution in [-0.4, -0.2) is 46.2 Å². The number of aromatic nitrogens is 1. The molecule has 208 valence electrons. The van der Waals surface area contributed by atoms with E-state index < -0.39 is 5.41 Å². The number of hydrogen-bond acceptors (Lipinski definition) is 5. The summed E-state index contributed by atoms with van der Waals surface area (Å²) < 4.78 is 2.10. The minimum Gasteiger partial charge on any atom is -0.344 e. The van der Waals surface area contributed by atoms with Crippen molar-refractivity contribution >= 4 is 29.4 Å². The van der Waals surface area contributed by atoms with Crippen LogP contribution in [0.25, 0.3) is 10.4 Å². The number of carbonyl (C=O) groups is 2. The molecule has 1 aliphatic carbocycles. The third-order valence-electron chi connectivity index (χ3n) is 7.90. The Hall–Kier alpha value is -3.05. The number of hydrogen-bond donors (Lipinski definition) is 2. The van der Waals surface area contributed by atoms with Gasteiger partial charge in [0.25, 0.3) is 5.91 Å². The summed E-state index contributed by atoms with van der Waals surface area (Å²) in [6.07, 6.45) is 5.78. The second kappa shape index (κ2) is 11.6. The maximum atomic E-state index is 13.7. The van der Waals surface area contributed by atoms with Crippen molar-refractivity contribution in [2.45, 2.75) is 91.8 Å². The molecule has 1 aliphatic heterocycles. The number of amides is 2. The quantitative estimate of drug-likeness (QED) is 0.410. The van der Waals surface area contributed by atoms with Crippen LogP contribution in [0.15, 0.2) is 29.8 Å². The smallest absolute Gasteiger partial charge is 0.289 e. The van der Waals surface area contributed by atoms with Crippen molar-refractivity contribution in [2.24, 2.45) is 16.7 Å². The number of benzene rings is 1. The minimum atomic E-state index is -0.878. The molecule has 2 heterocycles. The van der Waals surface area contributed by atoms with Gasteiger partial charge in [0.15, 0.2) is 6.21 Å². The van der Waals surface area contributed by atoms with Crippen molar-refractivity contribution in [1.29, 1.82) is 5.26 Å². The first-order valence-corrected chi connectivity index (χ1v) is 15.0. The van der Waals surface area contributed by atoms with E-state index in [0.29, 0.717) is 18.8 Å². The molecule has 39 heavy (non-hydrogen) atoms. The summed E-state index contributed by atoms with van der Waals surface area (Å²) in [7, 11) is 0. The van der Waals surface area contributed by atoms with Gasteiger partial charge in [-0.25, -0.2) is 9.56 Å². The van der Waals surface area contributed by atoms with Crippen LogP contribution in [0.3, 0.4) is 0 Å². The van der Waals surface area contributed by atoms with Gasteiger partial charge < -0.3 is 10.6 Å². The zero-order valence-electron chi connectivity index (χ0n) is 24.1. The molecule has 1 aromatic heterocycles. The molecular formula is C31H42N5O2S+. The molecule has 1 saturated carbocycles. The van der Waals surface area contributed by atoms with Crippen molar-refractivity contribution in [3.8, 4) is 16.5 Å². The lowest BCUT2D eigenvalue weighted by molar-refractivity contribution is -0.528. The average Bonchev–Trinajstić information content (AvgIpc) is 3.35. The first kappa shape index (κ1) is 28.9.